The molecule has 0 saturated heterocycles. The molecule has 0 atom stereocenters. The third-order valence-corrected chi connectivity index (χ3v) is 3.73. The molecule has 2 aromatic heterocycles. The number of nitrogen functional groups attached to an aromatic ring is 1. The zero-order valence-electron chi connectivity index (χ0n) is 8.84. The molecule has 0 fully saturated rings. The number of carbonyl (C=O) groups excluding carboxylic acids is 1. The van der Waals surface area contributed by atoms with E-state index in [2.05, 4.69) is 14.7 Å². The number of anilines is 2. The van der Waals surface area contributed by atoms with Crippen LogP contribution in [0.3, 0.4) is 0 Å². The minimum Gasteiger partial charge on any atom is -0.382 e. The average Bonchev–Trinajstić information content (AvgIpc) is 2.88. The second kappa shape index (κ2) is 5.11. The van der Waals surface area contributed by atoms with Crippen molar-refractivity contribution in [2.24, 2.45) is 5.73 Å². The van der Waals surface area contributed by atoms with Crippen molar-refractivity contribution in [3.8, 4) is 0 Å². The Morgan fingerprint density at radius 3 is 3.00 bits per heavy atom. The number of primary amides is 1. The molecule has 0 aromatic carbocycles. The van der Waals surface area contributed by atoms with E-state index in [-0.39, 0.29) is 11.4 Å². The Hall–Kier alpha value is -1.67. The van der Waals surface area contributed by atoms with E-state index < -0.39 is 5.91 Å². The largest absolute Gasteiger partial charge is 0.382 e. The molecular formula is C9H11N5OS2. The molecule has 6 nitrogen and oxygen atoms in total. The molecule has 0 radical (unpaired) electrons. The van der Waals surface area contributed by atoms with Crippen molar-refractivity contribution in [1.82, 2.24) is 9.36 Å². The van der Waals surface area contributed by atoms with Crippen LogP contribution in [0.4, 0.5) is 10.8 Å². The van der Waals surface area contributed by atoms with E-state index >= 15 is 0 Å². The zero-order valence-corrected chi connectivity index (χ0v) is 10.5. The lowest BCUT2D eigenvalue weighted by Crippen LogP contribution is -2.15. The van der Waals surface area contributed by atoms with Crippen LogP contribution in [0, 0.1) is 0 Å². The summed E-state index contributed by atoms with van der Waals surface area (Å²) in [6.07, 6.45) is 2.55. The van der Waals surface area contributed by atoms with Gasteiger partial charge in [-0.25, -0.2) is 4.98 Å². The first-order valence-corrected chi connectivity index (χ1v) is 6.51. The zero-order chi connectivity index (χ0) is 12.3. The van der Waals surface area contributed by atoms with Crippen molar-refractivity contribution in [1.29, 1.82) is 0 Å². The van der Waals surface area contributed by atoms with E-state index in [1.54, 1.807) is 17.5 Å². The topological polar surface area (TPSA) is 107 Å². The first-order chi connectivity index (χ1) is 8.18. The Bertz CT molecular complexity index is 507. The van der Waals surface area contributed by atoms with Gasteiger partial charge in [-0.1, -0.05) is 0 Å². The summed E-state index contributed by atoms with van der Waals surface area (Å²) in [5.41, 5.74) is 11.1. The number of hydrogen-bond donors (Lipinski definition) is 3. The van der Waals surface area contributed by atoms with Crippen molar-refractivity contribution in [3.05, 3.63) is 22.1 Å². The first-order valence-electron chi connectivity index (χ1n) is 4.85. The van der Waals surface area contributed by atoms with Gasteiger partial charge in [-0.3, -0.25) is 4.79 Å². The fraction of sp³-hybridized carbons (Fsp3) is 0.222. The molecule has 2 heterocycles. The van der Waals surface area contributed by atoms with Crippen LogP contribution in [-0.4, -0.2) is 21.8 Å². The van der Waals surface area contributed by atoms with Gasteiger partial charge in [0.25, 0.3) is 5.91 Å². The number of aromatic nitrogens is 2. The molecule has 0 saturated carbocycles. The number of rotatable bonds is 5. The number of hydrogen-bond acceptors (Lipinski definition) is 7. The summed E-state index contributed by atoms with van der Waals surface area (Å²) in [5, 5.41) is 6.68. The summed E-state index contributed by atoms with van der Waals surface area (Å²) in [6, 6.07) is 0. The summed E-state index contributed by atoms with van der Waals surface area (Å²) in [7, 11) is 0. The third kappa shape index (κ3) is 2.71. The summed E-state index contributed by atoms with van der Waals surface area (Å²) in [6.45, 7) is 0.662. The fourth-order valence-electron chi connectivity index (χ4n) is 1.32. The van der Waals surface area contributed by atoms with Crippen molar-refractivity contribution in [3.63, 3.8) is 0 Å². The number of nitrogens with zero attached hydrogens (tertiary/aromatic N) is 2. The van der Waals surface area contributed by atoms with Crippen LogP contribution in [0.5, 0.6) is 0 Å². The van der Waals surface area contributed by atoms with E-state index in [1.165, 1.54) is 0 Å². The number of thiazole rings is 1. The highest BCUT2D eigenvalue weighted by atomic mass is 32.1. The maximum atomic E-state index is 11.2. The van der Waals surface area contributed by atoms with E-state index in [1.807, 2.05) is 5.38 Å². The van der Waals surface area contributed by atoms with Crippen LogP contribution >= 0.6 is 22.9 Å². The second-order valence-corrected chi connectivity index (χ2v) is 4.99. The third-order valence-electron chi connectivity index (χ3n) is 2.07. The molecule has 0 aliphatic rings. The fourth-order valence-corrected chi connectivity index (χ4v) is 2.69. The predicted octanol–water partition coefficient (Wildman–Crippen LogP) is 0.935. The van der Waals surface area contributed by atoms with Gasteiger partial charge in [0.15, 0.2) is 5.82 Å². The van der Waals surface area contributed by atoms with Gasteiger partial charge in [0, 0.05) is 24.5 Å². The number of amides is 1. The quantitative estimate of drug-likeness (QED) is 0.748. The molecule has 0 aliphatic carbocycles. The highest BCUT2D eigenvalue weighted by molar-refractivity contribution is 7.11. The lowest BCUT2D eigenvalue weighted by Gasteiger charge is -2.03. The van der Waals surface area contributed by atoms with Crippen molar-refractivity contribution in [2.45, 2.75) is 6.42 Å². The molecule has 2 rings (SSSR count). The summed E-state index contributed by atoms with van der Waals surface area (Å²) in [4.78, 5) is 15.3. The molecule has 1 amide bonds. The van der Waals surface area contributed by atoms with Crippen molar-refractivity contribution >= 4 is 39.6 Å². The highest BCUT2D eigenvalue weighted by Crippen LogP contribution is 2.25. The SMILES string of the molecule is NC(=O)c1c(N)nsc1NCCc1nccs1. The number of nitrogens with one attached hydrogen (secondary N) is 1. The van der Waals surface area contributed by atoms with Crippen LogP contribution in [0.1, 0.15) is 15.4 Å². The lowest BCUT2D eigenvalue weighted by atomic mass is 10.3. The molecule has 0 bridgehead atoms. The van der Waals surface area contributed by atoms with Crippen LogP contribution in [0.2, 0.25) is 0 Å². The van der Waals surface area contributed by atoms with Crippen molar-refractivity contribution < 1.29 is 4.79 Å². The molecule has 0 spiro atoms. The van der Waals surface area contributed by atoms with Crippen LogP contribution in [0.25, 0.3) is 0 Å². The van der Waals surface area contributed by atoms with Crippen LogP contribution < -0.4 is 16.8 Å². The van der Waals surface area contributed by atoms with E-state index in [4.69, 9.17) is 11.5 Å². The van der Waals surface area contributed by atoms with Gasteiger partial charge in [-0.05, 0) is 11.5 Å². The van der Waals surface area contributed by atoms with Gasteiger partial charge >= 0.3 is 0 Å². The van der Waals surface area contributed by atoms with Crippen LogP contribution in [0.15, 0.2) is 11.6 Å². The Labute approximate surface area is 106 Å². The molecular weight excluding hydrogens is 258 g/mol. The molecule has 90 valence electrons. The van der Waals surface area contributed by atoms with Gasteiger partial charge in [0.1, 0.15) is 10.6 Å². The molecule has 2 aromatic rings. The minimum atomic E-state index is -0.562. The van der Waals surface area contributed by atoms with Gasteiger partial charge < -0.3 is 16.8 Å². The van der Waals surface area contributed by atoms with Gasteiger partial charge in [0.05, 0.1) is 5.01 Å². The van der Waals surface area contributed by atoms with Crippen molar-refractivity contribution in [2.75, 3.05) is 17.6 Å². The summed E-state index contributed by atoms with van der Waals surface area (Å²) in [5.74, 6) is -0.382. The maximum Gasteiger partial charge on any atom is 0.255 e. The molecule has 0 aliphatic heterocycles. The second-order valence-electron chi connectivity index (χ2n) is 3.24. The lowest BCUT2D eigenvalue weighted by molar-refractivity contribution is 0.100. The van der Waals surface area contributed by atoms with E-state index in [9.17, 15) is 4.79 Å². The average molecular weight is 269 g/mol. The monoisotopic (exact) mass is 269 g/mol. The van der Waals surface area contributed by atoms with Gasteiger partial charge in [-0.15, -0.1) is 11.3 Å². The Kier molecular flexibility index (Phi) is 3.55. The minimum absolute atomic E-state index is 0.180. The molecule has 0 unspecified atom stereocenters. The Balaban J connectivity index is 1.97. The standard InChI is InChI=1S/C9H11N5OS2/c10-7-6(8(11)15)9(17-14-7)13-2-1-5-12-3-4-16-5/h3-4,13H,1-2H2,(H2,10,14)(H2,11,15). The van der Waals surface area contributed by atoms with E-state index in [0.29, 0.717) is 11.5 Å². The van der Waals surface area contributed by atoms with E-state index in [0.717, 1.165) is 23.0 Å². The Morgan fingerprint density at radius 2 is 2.35 bits per heavy atom. The van der Waals surface area contributed by atoms with Crippen LogP contribution in [-0.2, 0) is 6.42 Å². The molecule has 8 heteroatoms. The molecule has 5 N–H and O–H groups in total. The first kappa shape index (κ1) is 11.8. The highest BCUT2D eigenvalue weighted by Gasteiger charge is 2.16. The normalized spacial score (nSPS) is 10.4. The Morgan fingerprint density at radius 1 is 1.53 bits per heavy atom. The molecule has 17 heavy (non-hydrogen) atoms. The number of carbonyl (C=O) groups is 1. The summed E-state index contributed by atoms with van der Waals surface area (Å²) >= 11 is 2.73. The predicted molar refractivity (Wildman–Crippen MR) is 69.4 cm³/mol. The number of nitrogens with two attached hydrogens (primary N) is 2. The maximum absolute atomic E-state index is 11.2. The van der Waals surface area contributed by atoms with Gasteiger partial charge in [-0.2, -0.15) is 4.37 Å². The van der Waals surface area contributed by atoms with Gasteiger partial charge in [0.2, 0.25) is 0 Å². The summed E-state index contributed by atoms with van der Waals surface area (Å²) < 4.78 is 3.90. The smallest absolute Gasteiger partial charge is 0.255 e.